The maximum absolute atomic E-state index is 12.3. The van der Waals surface area contributed by atoms with Gasteiger partial charge < -0.3 is 14.5 Å². The van der Waals surface area contributed by atoms with Crippen molar-refractivity contribution in [1.29, 1.82) is 0 Å². The van der Waals surface area contributed by atoms with Gasteiger partial charge in [-0.15, -0.1) is 0 Å². The quantitative estimate of drug-likeness (QED) is 0.858. The lowest BCUT2D eigenvalue weighted by molar-refractivity contribution is -0.139. The lowest BCUT2D eigenvalue weighted by Gasteiger charge is -2.39. The molecule has 0 N–H and O–H groups in total. The SMILES string of the molecule is CCOc1ccccc1N1CCN(C(=O)C(C)(C)C)CC1. The molecule has 1 fully saturated rings. The molecule has 1 heterocycles. The van der Waals surface area contributed by atoms with Crippen LogP contribution in [0.3, 0.4) is 0 Å². The third-order valence-electron chi connectivity index (χ3n) is 3.71. The van der Waals surface area contributed by atoms with Gasteiger partial charge in [-0.25, -0.2) is 0 Å². The highest BCUT2D eigenvalue weighted by molar-refractivity contribution is 5.81. The predicted octanol–water partition coefficient (Wildman–Crippen LogP) is 2.78. The monoisotopic (exact) mass is 290 g/mol. The molecule has 1 aliphatic rings. The van der Waals surface area contributed by atoms with Crippen LogP contribution in [0.25, 0.3) is 0 Å². The molecule has 0 saturated carbocycles. The molecule has 2 rings (SSSR count). The Balaban J connectivity index is 2.03. The zero-order chi connectivity index (χ0) is 15.5. The minimum absolute atomic E-state index is 0.236. The molecule has 0 unspecified atom stereocenters. The summed E-state index contributed by atoms with van der Waals surface area (Å²) in [5.74, 6) is 1.16. The summed E-state index contributed by atoms with van der Waals surface area (Å²) >= 11 is 0. The molecule has 21 heavy (non-hydrogen) atoms. The van der Waals surface area contributed by atoms with Gasteiger partial charge in [0.05, 0.1) is 12.3 Å². The van der Waals surface area contributed by atoms with E-state index in [-0.39, 0.29) is 11.3 Å². The third kappa shape index (κ3) is 3.69. The fourth-order valence-corrected chi connectivity index (χ4v) is 2.62. The number of hydrogen-bond acceptors (Lipinski definition) is 3. The van der Waals surface area contributed by atoms with E-state index in [9.17, 15) is 4.79 Å². The number of anilines is 1. The van der Waals surface area contributed by atoms with Crippen LogP contribution < -0.4 is 9.64 Å². The molecule has 0 radical (unpaired) electrons. The molecule has 0 aromatic heterocycles. The fourth-order valence-electron chi connectivity index (χ4n) is 2.62. The van der Waals surface area contributed by atoms with E-state index in [4.69, 9.17) is 4.74 Å². The van der Waals surface area contributed by atoms with Crippen molar-refractivity contribution in [3.63, 3.8) is 0 Å². The number of ether oxygens (including phenoxy) is 1. The summed E-state index contributed by atoms with van der Waals surface area (Å²) in [5, 5.41) is 0. The first-order valence-corrected chi connectivity index (χ1v) is 7.69. The number of benzene rings is 1. The summed E-state index contributed by atoms with van der Waals surface area (Å²) in [6.07, 6.45) is 0. The van der Waals surface area contributed by atoms with Gasteiger partial charge in [0.15, 0.2) is 0 Å². The molecular weight excluding hydrogens is 264 g/mol. The zero-order valence-corrected chi connectivity index (χ0v) is 13.6. The van der Waals surface area contributed by atoms with Gasteiger partial charge in [0.25, 0.3) is 0 Å². The highest BCUT2D eigenvalue weighted by Gasteiger charge is 2.30. The number of carbonyl (C=O) groups is 1. The molecule has 4 heteroatoms. The Labute approximate surface area is 127 Å². The Bertz CT molecular complexity index is 486. The highest BCUT2D eigenvalue weighted by Crippen LogP contribution is 2.29. The van der Waals surface area contributed by atoms with Crippen LogP contribution >= 0.6 is 0 Å². The van der Waals surface area contributed by atoms with Crippen molar-refractivity contribution in [1.82, 2.24) is 4.90 Å². The average Bonchev–Trinajstić information content (AvgIpc) is 2.47. The second kappa shape index (κ2) is 6.37. The van der Waals surface area contributed by atoms with Crippen molar-refractivity contribution >= 4 is 11.6 Å². The predicted molar refractivity (Wildman–Crippen MR) is 85.9 cm³/mol. The summed E-state index contributed by atoms with van der Waals surface area (Å²) in [6, 6.07) is 8.12. The molecule has 0 atom stereocenters. The second-order valence-electron chi connectivity index (χ2n) is 6.43. The molecule has 0 spiro atoms. The van der Waals surface area contributed by atoms with Gasteiger partial charge in [0.1, 0.15) is 5.75 Å². The van der Waals surface area contributed by atoms with Crippen molar-refractivity contribution in [3.8, 4) is 5.75 Å². The van der Waals surface area contributed by atoms with Gasteiger partial charge >= 0.3 is 0 Å². The number of piperazine rings is 1. The van der Waals surface area contributed by atoms with Crippen molar-refractivity contribution in [3.05, 3.63) is 24.3 Å². The summed E-state index contributed by atoms with van der Waals surface area (Å²) in [5.41, 5.74) is 0.827. The largest absolute Gasteiger partial charge is 0.492 e. The molecule has 4 nitrogen and oxygen atoms in total. The van der Waals surface area contributed by atoms with Gasteiger partial charge in [0, 0.05) is 31.6 Å². The van der Waals surface area contributed by atoms with Crippen molar-refractivity contribution < 1.29 is 9.53 Å². The van der Waals surface area contributed by atoms with Crippen LogP contribution in [-0.4, -0.2) is 43.6 Å². The third-order valence-corrected chi connectivity index (χ3v) is 3.71. The maximum Gasteiger partial charge on any atom is 0.228 e. The number of para-hydroxylation sites is 2. The summed E-state index contributed by atoms with van der Waals surface area (Å²) < 4.78 is 5.70. The lowest BCUT2D eigenvalue weighted by Crippen LogP contribution is -2.51. The molecule has 1 aliphatic heterocycles. The minimum atomic E-state index is -0.300. The Morgan fingerprint density at radius 3 is 2.33 bits per heavy atom. The molecule has 116 valence electrons. The Hall–Kier alpha value is -1.71. The van der Waals surface area contributed by atoms with Gasteiger partial charge in [-0.05, 0) is 19.1 Å². The van der Waals surface area contributed by atoms with Gasteiger partial charge in [-0.2, -0.15) is 0 Å². The summed E-state index contributed by atoms with van der Waals surface area (Å²) in [7, 11) is 0. The number of carbonyl (C=O) groups excluding carboxylic acids is 1. The van der Waals surface area contributed by atoms with E-state index in [0.29, 0.717) is 6.61 Å². The maximum atomic E-state index is 12.3. The van der Waals surface area contributed by atoms with Crippen LogP contribution in [0.4, 0.5) is 5.69 Å². The summed E-state index contributed by atoms with van der Waals surface area (Å²) in [4.78, 5) is 16.6. The topological polar surface area (TPSA) is 32.8 Å². The summed E-state index contributed by atoms with van der Waals surface area (Å²) in [6.45, 7) is 11.9. The second-order valence-corrected chi connectivity index (χ2v) is 6.43. The first-order valence-electron chi connectivity index (χ1n) is 7.69. The van der Waals surface area contributed by atoms with E-state index in [2.05, 4.69) is 11.0 Å². The standard InChI is InChI=1S/C17H26N2O2/c1-5-21-15-9-7-6-8-14(15)18-10-12-19(13-11-18)16(20)17(2,3)4/h6-9H,5,10-13H2,1-4H3. The van der Waals surface area contributed by atoms with E-state index in [1.54, 1.807) is 0 Å². The van der Waals surface area contributed by atoms with E-state index in [1.807, 2.05) is 50.8 Å². The van der Waals surface area contributed by atoms with Crippen LogP contribution in [-0.2, 0) is 4.79 Å². The average molecular weight is 290 g/mol. The zero-order valence-electron chi connectivity index (χ0n) is 13.6. The van der Waals surface area contributed by atoms with Crippen LogP contribution in [0.2, 0.25) is 0 Å². The smallest absolute Gasteiger partial charge is 0.228 e. The normalized spacial score (nSPS) is 16.0. The molecular formula is C17H26N2O2. The number of nitrogens with zero attached hydrogens (tertiary/aromatic N) is 2. The first-order chi connectivity index (χ1) is 9.93. The van der Waals surface area contributed by atoms with E-state index >= 15 is 0 Å². The molecule has 1 amide bonds. The molecule has 0 aliphatic carbocycles. The number of rotatable bonds is 3. The van der Waals surface area contributed by atoms with Crippen LogP contribution in [0.1, 0.15) is 27.7 Å². The van der Waals surface area contributed by atoms with E-state index in [0.717, 1.165) is 37.6 Å². The fraction of sp³-hybridized carbons (Fsp3) is 0.588. The van der Waals surface area contributed by atoms with Crippen molar-refractivity contribution in [2.24, 2.45) is 5.41 Å². The Morgan fingerprint density at radius 1 is 1.14 bits per heavy atom. The van der Waals surface area contributed by atoms with Crippen LogP contribution in [0.5, 0.6) is 5.75 Å². The first kappa shape index (κ1) is 15.7. The van der Waals surface area contributed by atoms with Crippen molar-refractivity contribution in [2.75, 3.05) is 37.7 Å². The highest BCUT2D eigenvalue weighted by atomic mass is 16.5. The van der Waals surface area contributed by atoms with Gasteiger partial charge in [-0.1, -0.05) is 32.9 Å². The van der Waals surface area contributed by atoms with Crippen LogP contribution in [0.15, 0.2) is 24.3 Å². The van der Waals surface area contributed by atoms with Gasteiger partial charge in [0.2, 0.25) is 5.91 Å². The minimum Gasteiger partial charge on any atom is -0.492 e. The number of hydrogen-bond donors (Lipinski definition) is 0. The van der Waals surface area contributed by atoms with Gasteiger partial charge in [-0.3, -0.25) is 4.79 Å². The molecule has 1 aromatic carbocycles. The van der Waals surface area contributed by atoms with Crippen LogP contribution in [0, 0.1) is 5.41 Å². The molecule has 1 aromatic rings. The Kier molecular flexibility index (Phi) is 4.76. The van der Waals surface area contributed by atoms with Crippen molar-refractivity contribution in [2.45, 2.75) is 27.7 Å². The number of amides is 1. The molecule has 1 saturated heterocycles. The Morgan fingerprint density at radius 2 is 1.76 bits per heavy atom. The van der Waals surface area contributed by atoms with E-state index in [1.165, 1.54) is 0 Å². The lowest BCUT2D eigenvalue weighted by atomic mass is 9.94. The van der Waals surface area contributed by atoms with E-state index < -0.39 is 0 Å². The molecule has 0 bridgehead atoms.